The highest BCUT2D eigenvalue weighted by Crippen LogP contribution is 2.29. The van der Waals surface area contributed by atoms with Gasteiger partial charge in [-0.2, -0.15) is 18.3 Å². The predicted molar refractivity (Wildman–Crippen MR) is 133 cm³/mol. The molecule has 0 aliphatic carbocycles. The number of alkyl halides is 3. The number of amides is 1. The molecule has 2 aliphatic rings. The lowest BCUT2D eigenvalue weighted by Gasteiger charge is -2.45. The van der Waals surface area contributed by atoms with Crippen LogP contribution in [0.4, 0.5) is 19.0 Å². The molecule has 37 heavy (non-hydrogen) atoms. The number of hydrogen-bond donors (Lipinski definition) is 0. The highest BCUT2D eigenvalue weighted by Gasteiger charge is 2.34. The van der Waals surface area contributed by atoms with Crippen molar-refractivity contribution in [3.05, 3.63) is 64.7 Å². The first-order valence-corrected chi connectivity index (χ1v) is 12.5. The van der Waals surface area contributed by atoms with Crippen LogP contribution >= 0.6 is 11.6 Å². The molecule has 3 aromatic rings. The Bertz CT molecular complexity index is 1250. The van der Waals surface area contributed by atoms with E-state index in [0.717, 1.165) is 42.4 Å². The summed E-state index contributed by atoms with van der Waals surface area (Å²) < 4.78 is 40.0. The molecule has 5 rings (SSSR count). The van der Waals surface area contributed by atoms with Crippen molar-refractivity contribution in [3.63, 3.8) is 0 Å². The lowest BCUT2D eigenvalue weighted by molar-refractivity contribution is -0.138. The summed E-state index contributed by atoms with van der Waals surface area (Å²) in [5.74, 6) is 1.22. The number of anilines is 1. The quantitative estimate of drug-likeness (QED) is 0.508. The second kappa shape index (κ2) is 9.94. The van der Waals surface area contributed by atoms with Crippen LogP contribution in [0.5, 0.6) is 0 Å². The average molecular weight is 534 g/mol. The molecule has 0 radical (unpaired) electrons. The molecule has 0 aromatic carbocycles. The van der Waals surface area contributed by atoms with Gasteiger partial charge in [-0.25, -0.2) is 14.6 Å². The molecular weight excluding hydrogens is 507 g/mol. The maximum absolute atomic E-state index is 13.3. The first kappa shape index (κ1) is 25.5. The molecule has 8 nitrogen and oxygen atoms in total. The van der Waals surface area contributed by atoms with Crippen LogP contribution in [-0.2, 0) is 23.9 Å². The average Bonchev–Trinajstić information content (AvgIpc) is 3.29. The van der Waals surface area contributed by atoms with Gasteiger partial charge in [0, 0.05) is 68.8 Å². The first-order chi connectivity index (χ1) is 17.6. The van der Waals surface area contributed by atoms with Gasteiger partial charge >= 0.3 is 6.18 Å². The monoisotopic (exact) mass is 533 g/mol. The summed E-state index contributed by atoms with van der Waals surface area (Å²) in [6.07, 6.45) is 0.326. The van der Waals surface area contributed by atoms with Crippen LogP contribution in [0.25, 0.3) is 5.82 Å². The Balaban J connectivity index is 1.22. The predicted octanol–water partition coefficient (Wildman–Crippen LogP) is 3.82. The number of pyridine rings is 2. The van der Waals surface area contributed by atoms with Crippen molar-refractivity contribution in [3.8, 4) is 5.82 Å². The van der Waals surface area contributed by atoms with Gasteiger partial charge in [0.25, 0.3) is 0 Å². The van der Waals surface area contributed by atoms with Gasteiger partial charge in [0.1, 0.15) is 5.82 Å². The summed E-state index contributed by atoms with van der Waals surface area (Å²) in [6.45, 7) is 7.00. The van der Waals surface area contributed by atoms with E-state index in [1.807, 2.05) is 17.0 Å². The van der Waals surface area contributed by atoms with Gasteiger partial charge in [-0.1, -0.05) is 11.6 Å². The fraction of sp³-hybridized carbons (Fsp3) is 0.440. The summed E-state index contributed by atoms with van der Waals surface area (Å²) in [5.41, 5.74) is 0.899. The van der Waals surface area contributed by atoms with E-state index in [1.165, 1.54) is 10.7 Å². The van der Waals surface area contributed by atoms with E-state index in [2.05, 4.69) is 38.7 Å². The minimum absolute atomic E-state index is 0.0443. The van der Waals surface area contributed by atoms with Crippen LogP contribution in [0.15, 0.2) is 42.9 Å². The Hall–Kier alpha value is -3.18. The number of halogens is 4. The van der Waals surface area contributed by atoms with Gasteiger partial charge in [-0.05, 0) is 38.1 Å². The fourth-order valence-electron chi connectivity index (χ4n) is 5.00. The number of hydrogen-bond acceptors (Lipinski definition) is 6. The molecule has 196 valence electrons. The molecule has 12 heteroatoms. The largest absolute Gasteiger partial charge is 0.417 e. The number of rotatable bonds is 4. The minimum atomic E-state index is -4.44. The van der Waals surface area contributed by atoms with Crippen molar-refractivity contribution >= 4 is 23.3 Å². The Morgan fingerprint density at radius 3 is 2.38 bits per heavy atom. The van der Waals surface area contributed by atoms with Crippen molar-refractivity contribution in [2.75, 3.05) is 31.1 Å². The second-order valence-corrected chi connectivity index (χ2v) is 10.1. The minimum Gasteiger partial charge on any atom is -0.354 e. The third-order valence-electron chi connectivity index (χ3n) is 6.97. The van der Waals surface area contributed by atoms with Crippen LogP contribution in [-0.4, -0.2) is 73.7 Å². The molecule has 0 saturated carbocycles. The van der Waals surface area contributed by atoms with E-state index in [9.17, 15) is 18.0 Å². The number of carbonyl (C=O) groups excluding carboxylic acids is 1. The summed E-state index contributed by atoms with van der Waals surface area (Å²) >= 11 is 5.97. The van der Waals surface area contributed by atoms with Crippen LogP contribution in [0, 0.1) is 0 Å². The molecule has 0 spiro atoms. The maximum atomic E-state index is 13.3. The number of piperazine rings is 1. The Morgan fingerprint density at radius 1 is 1.05 bits per heavy atom. The molecule has 1 fully saturated rings. The Labute approximate surface area is 217 Å². The Morgan fingerprint density at radius 2 is 1.76 bits per heavy atom. The van der Waals surface area contributed by atoms with Gasteiger partial charge in [0.05, 0.1) is 22.8 Å². The number of nitrogens with zero attached hydrogens (tertiary/aromatic N) is 7. The van der Waals surface area contributed by atoms with Gasteiger partial charge in [-0.15, -0.1) is 0 Å². The number of carbonyl (C=O) groups is 1. The molecule has 2 unspecified atom stereocenters. The van der Waals surface area contributed by atoms with Crippen molar-refractivity contribution in [2.24, 2.45) is 0 Å². The summed E-state index contributed by atoms with van der Waals surface area (Å²) in [6, 6.07) is 6.33. The van der Waals surface area contributed by atoms with Crippen LogP contribution < -0.4 is 4.90 Å². The topological polar surface area (TPSA) is 70.4 Å². The van der Waals surface area contributed by atoms with Crippen LogP contribution in [0.1, 0.15) is 30.7 Å². The molecule has 0 N–H and O–H groups in total. The number of fused-ring (bicyclic) bond motifs is 1. The fourth-order valence-corrected chi connectivity index (χ4v) is 5.11. The normalized spacial score (nSPS) is 20.7. The summed E-state index contributed by atoms with van der Waals surface area (Å²) in [5, 5.41) is 5.09. The van der Waals surface area contributed by atoms with Crippen LogP contribution in [0.3, 0.4) is 0 Å². The molecule has 5 heterocycles. The van der Waals surface area contributed by atoms with E-state index in [-0.39, 0.29) is 18.0 Å². The first-order valence-electron chi connectivity index (χ1n) is 12.1. The second-order valence-electron chi connectivity index (χ2n) is 9.62. The Kier molecular flexibility index (Phi) is 6.84. The van der Waals surface area contributed by atoms with Crippen molar-refractivity contribution in [1.82, 2.24) is 29.5 Å². The summed E-state index contributed by atoms with van der Waals surface area (Å²) in [7, 11) is 0. The third-order valence-corrected chi connectivity index (χ3v) is 7.20. The summed E-state index contributed by atoms with van der Waals surface area (Å²) in [4.78, 5) is 27.9. The van der Waals surface area contributed by atoms with E-state index < -0.39 is 11.7 Å². The zero-order valence-corrected chi connectivity index (χ0v) is 21.2. The lowest BCUT2D eigenvalue weighted by atomic mass is 10.1. The SMILES string of the molecule is CC1CN(c2ccc(Cl)cn2)CC(C)N1CC(=O)N1CCc2nn(-c3ccc(C(F)(F)F)cn3)cc2C1. The van der Waals surface area contributed by atoms with Crippen LogP contribution in [0.2, 0.25) is 5.02 Å². The maximum Gasteiger partial charge on any atom is 0.417 e. The van der Waals surface area contributed by atoms with Gasteiger partial charge in [0.15, 0.2) is 5.82 Å². The van der Waals surface area contributed by atoms with Crippen molar-refractivity contribution in [2.45, 2.75) is 45.1 Å². The van der Waals surface area contributed by atoms with Gasteiger partial charge < -0.3 is 9.80 Å². The van der Waals surface area contributed by atoms with Gasteiger partial charge in [-0.3, -0.25) is 9.69 Å². The van der Waals surface area contributed by atoms with E-state index >= 15 is 0 Å². The molecular formula is C25H27ClF3N7O. The van der Waals surface area contributed by atoms with Crippen molar-refractivity contribution < 1.29 is 18.0 Å². The molecule has 2 atom stereocenters. The molecule has 0 bridgehead atoms. The smallest absolute Gasteiger partial charge is 0.354 e. The van der Waals surface area contributed by atoms with E-state index in [1.54, 1.807) is 12.4 Å². The zero-order valence-electron chi connectivity index (χ0n) is 20.5. The van der Waals surface area contributed by atoms with Crippen molar-refractivity contribution in [1.29, 1.82) is 0 Å². The number of aromatic nitrogens is 4. The third kappa shape index (κ3) is 5.42. The lowest BCUT2D eigenvalue weighted by Crippen LogP contribution is -2.59. The van der Waals surface area contributed by atoms with E-state index in [0.29, 0.717) is 36.9 Å². The molecule has 3 aromatic heterocycles. The standard InChI is InChI=1S/C25H27ClF3N7O/c1-16-11-34(22-6-4-20(26)10-31-22)12-17(2)35(16)15-24(37)33-8-7-21-18(13-33)14-36(32-21)23-5-3-19(9-30-23)25(27,28)29/h3-6,9-10,14,16-17H,7-8,11-13,15H2,1-2H3. The molecule has 2 aliphatic heterocycles. The van der Waals surface area contributed by atoms with Gasteiger partial charge in [0.2, 0.25) is 5.91 Å². The highest BCUT2D eigenvalue weighted by atomic mass is 35.5. The molecule has 1 amide bonds. The molecule has 1 saturated heterocycles. The zero-order chi connectivity index (χ0) is 26.3. The van der Waals surface area contributed by atoms with E-state index in [4.69, 9.17) is 11.6 Å². The highest BCUT2D eigenvalue weighted by molar-refractivity contribution is 6.30.